The van der Waals surface area contributed by atoms with Crippen LogP contribution < -0.4 is 14.4 Å². The molecule has 4 rings (SSSR count). The van der Waals surface area contributed by atoms with Gasteiger partial charge in [-0.2, -0.15) is 5.10 Å². The number of anilines is 1. The van der Waals surface area contributed by atoms with Crippen LogP contribution in [-0.2, 0) is 4.74 Å². The number of piperazine rings is 1. The Labute approximate surface area is 174 Å². The van der Waals surface area contributed by atoms with Gasteiger partial charge in [0.2, 0.25) is 0 Å². The Balaban J connectivity index is 1.60. The van der Waals surface area contributed by atoms with E-state index < -0.39 is 0 Å². The van der Waals surface area contributed by atoms with Crippen LogP contribution in [0.2, 0.25) is 0 Å². The minimum Gasteiger partial charge on any atom is -0.493 e. The summed E-state index contributed by atoms with van der Waals surface area (Å²) in [5.41, 5.74) is 2.65. The van der Waals surface area contributed by atoms with Crippen molar-refractivity contribution >= 4 is 17.4 Å². The molecule has 30 heavy (non-hydrogen) atoms. The quantitative estimate of drug-likeness (QED) is 0.638. The number of nitrogens with zero attached hydrogens (tertiary/aromatic N) is 5. The highest BCUT2D eigenvalue weighted by molar-refractivity contribution is 5.76. The second kappa shape index (κ2) is 8.48. The lowest BCUT2D eigenvalue weighted by Crippen LogP contribution is -2.49. The summed E-state index contributed by atoms with van der Waals surface area (Å²) in [5.74, 6) is 2.17. The maximum absolute atomic E-state index is 11.9. The summed E-state index contributed by atoms with van der Waals surface area (Å²) in [7, 11) is 3.23. The highest BCUT2D eigenvalue weighted by Gasteiger charge is 2.24. The first kappa shape index (κ1) is 19.8. The van der Waals surface area contributed by atoms with Crippen LogP contribution in [0.1, 0.15) is 6.92 Å². The molecule has 2 aromatic heterocycles. The molecule has 9 nitrogen and oxygen atoms in total. The highest BCUT2D eigenvalue weighted by Crippen LogP contribution is 2.33. The van der Waals surface area contributed by atoms with Gasteiger partial charge < -0.3 is 24.0 Å². The minimum absolute atomic E-state index is 0.261. The van der Waals surface area contributed by atoms with E-state index in [4.69, 9.17) is 19.3 Å². The van der Waals surface area contributed by atoms with Crippen molar-refractivity contribution in [3.8, 4) is 22.8 Å². The molecule has 1 saturated heterocycles. The first-order valence-corrected chi connectivity index (χ1v) is 9.88. The molecule has 1 amide bonds. The third-order valence-corrected chi connectivity index (χ3v) is 5.15. The fraction of sp³-hybridized carbons (Fsp3) is 0.381. The van der Waals surface area contributed by atoms with Gasteiger partial charge in [-0.25, -0.2) is 14.3 Å². The predicted molar refractivity (Wildman–Crippen MR) is 112 cm³/mol. The molecular weight excluding hydrogens is 386 g/mol. The Bertz CT molecular complexity index is 1040. The molecule has 0 radical (unpaired) electrons. The van der Waals surface area contributed by atoms with E-state index in [1.807, 2.05) is 41.9 Å². The van der Waals surface area contributed by atoms with Gasteiger partial charge in [-0.3, -0.25) is 0 Å². The minimum atomic E-state index is -0.261. The van der Waals surface area contributed by atoms with Gasteiger partial charge >= 0.3 is 6.09 Å². The van der Waals surface area contributed by atoms with Crippen LogP contribution in [0.5, 0.6) is 11.5 Å². The van der Waals surface area contributed by atoms with Gasteiger partial charge in [0.25, 0.3) is 0 Å². The second-order valence-electron chi connectivity index (χ2n) is 6.85. The molecule has 0 spiro atoms. The van der Waals surface area contributed by atoms with Crippen molar-refractivity contribution in [3.63, 3.8) is 0 Å². The fourth-order valence-electron chi connectivity index (χ4n) is 3.60. The van der Waals surface area contributed by atoms with E-state index in [1.165, 1.54) is 0 Å². The number of hydrogen-bond acceptors (Lipinski definition) is 7. The number of amides is 1. The van der Waals surface area contributed by atoms with Gasteiger partial charge in [0.1, 0.15) is 5.52 Å². The summed E-state index contributed by atoms with van der Waals surface area (Å²) in [6, 6.07) is 7.74. The Morgan fingerprint density at radius 3 is 2.53 bits per heavy atom. The summed E-state index contributed by atoms with van der Waals surface area (Å²) in [4.78, 5) is 20.4. The largest absolute Gasteiger partial charge is 0.493 e. The topological polar surface area (TPSA) is 81.4 Å². The summed E-state index contributed by atoms with van der Waals surface area (Å²) < 4.78 is 17.7. The van der Waals surface area contributed by atoms with Crippen LogP contribution in [0.25, 0.3) is 16.8 Å². The van der Waals surface area contributed by atoms with Crippen LogP contribution in [0.3, 0.4) is 0 Å². The number of carbonyl (C=O) groups excluding carboxylic acids is 1. The van der Waals surface area contributed by atoms with Crippen LogP contribution in [0.4, 0.5) is 10.6 Å². The Morgan fingerprint density at radius 2 is 1.83 bits per heavy atom. The molecule has 1 aliphatic rings. The van der Waals surface area contributed by atoms with E-state index in [0.717, 1.165) is 22.6 Å². The molecule has 3 heterocycles. The van der Waals surface area contributed by atoms with Gasteiger partial charge in [0.05, 0.1) is 26.5 Å². The van der Waals surface area contributed by atoms with E-state index in [1.54, 1.807) is 25.3 Å². The molecule has 1 aromatic carbocycles. The normalized spacial score (nSPS) is 14.1. The summed E-state index contributed by atoms with van der Waals surface area (Å²) in [5, 5.41) is 4.71. The molecule has 1 aliphatic heterocycles. The number of benzene rings is 1. The Hall–Kier alpha value is -3.49. The van der Waals surface area contributed by atoms with Gasteiger partial charge in [-0.1, -0.05) is 0 Å². The molecule has 158 valence electrons. The highest BCUT2D eigenvalue weighted by atomic mass is 16.6. The van der Waals surface area contributed by atoms with Crippen molar-refractivity contribution in [2.75, 3.05) is 51.9 Å². The first-order chi connectivity index (χ1) is 14.6. The third-order valence-electron chi connectivity index (χ3n) is 5.15. The van der Waals surface area contributed by atoms with Gasteiger partial charge in [-0.15, -0.1) is 0 Å². The zero-order valence-corrected chi connectivity index (χ0v) is 17.4. The van der Waals surface area contributed by atoms with E-state index in [0.29, 0.717) is 44.3 Å². The second-order valence-corrected chi connectivity index (χ2v) is 6.85. The van der Waals surface area contributed by atoms with Crippen LogP contribution in [0.15, 0.2) is 36.7 Å². The predicted octanol–water partition coefficient (Wildman–Crippen LogP) is 2.69. The average molecular weight is 411 g/mol. The molecule has 0 aliphatic carbocycles. The van der Waals surface area contributed by atoms with Crippen molar-refractivity contribution in [2.24, 2.45) is 0 Å². The zero-order valence-electron chi connectivity index (χ0n) is 17.4. The number of ether oxygens (including phenoxy) is 3. The SMILES string of the molecule is CCOC(=O)N1CCN(c2nccn3nc(-c4ccc(OC)c(OC)c4)cc23)CC1. The molecule has 1 fully saturated rings. The number of aromatic nitrogens is 3. The van der Waals surface area contributed by atoms with Crippen molar-refractivity contribution in [1.29, 1.82) is 0 Å². The fourth-order valence-corrected chi connectivity index (χ4v) is 3.60. The van der Waals surface area contributed by atoms with Gasteiger partial charge in [0.15, 0.2) is 17.3 Å². The monoisotopic (exact) mass is 411 g/mol. The molecule has 0 atom stereocenters. The van der Waals surface area contributed by atoms with Crippen LogP contribution in [0, 0.1) is 0 Å². The number of carbonyl (C=O) groups is 1. The standard InChI is InChI=1S/C21H25N5O4/c1-4-30-21(27)25-11-9-24(10-12-25)20-17-14-16(23-26(17)8-7-22-20)15-5-6-18(28-2)19(13-15)29-3/h5-8,13-14H,4,9-12H2,1-3H3. The summed E-state index contributed by atoms with van der Waals surface area (Å²) in [6.07, 6.45) is 3.31. The molecular formula is C21H25N5O4. The molecule has 0 saturated carbocycles. The maximum Gasteiger partial charge on any atom is 0.409 e. The Kier molecular flexibility index (Phi) is 5.60. The lowest BCUT2D eigenvalue weighted by Gasteiger charge is -2.34. The van der Waals surface area contributed by atoms with Gasteiger partial charge in [-0.05, 0) is 31.2 Å². The Morgan fingerprint density at radius 1 is 1.07 bits per heavy atom. The molecule has 0 N–H and O–H groups in total. The molecule has 0 unspecified atom stereocenters. The van der Waals surface area contributed by atoms with Gasteiger partial charge in [0, 0.05) is 44.1 Å². The van der Waals surface area contributed by atoms with E-state index in [9.17, 15) is 4.79 Å². The number of rotatable bonds is 5. The van der Waals surface area contributed by atoms with Crippen LogP contribution in [-0.4, -0.2) is 72.6 Å². The molecule has 3 aromatic rings. The van der Waals surface area contributed by atoms with Crippen molar-refractivity contribution in [2.45, 2.75) is 6.92 Å². The maximum atomic E-state index is 11.9. The van der Waals surface area contributed by atoms with E-state index in [-0.39, 0.29) is 6.09 Å². The summed E-state index contributed by atoms with van der Waals surface area (Å²) in [6.45, 7) is 4.75. The van der Waals surface area contributed by atoms with E-state index >= 15 is 0 Å². The number of hydrogen-bond donors (Lipinski definition) is 0. The van der Waals surface area contributed by atoms with Crippen molar-refractivity contribution in [1.82, 2.24) is 19.5 Å². The van der Waals surface area contributed by atoms with E-state index in [2.05, 4.69) is 9.88 Å². The smallest absolute Gasteiger partial charge is 0.409 e. The third kappa shape index (κ3) is 3.70. The molecule has 0 bridgehead atoms. The van der Waals surface area contributed by atoms with Crippen molar-refractivity contribution in [3.05, 3.63) is 36.7 Å². The average Bonchev–Trinajstić information content (AvgIpc) is 3.23. The lowest BCUT2D eigenvalue weighted by molar-refractivity contribution is 0.105. The zero-order chi connectivity index (χ0) is 21.1. The van der Waals surface area contributed by atoms with Crippen molar-refractivity contribution < 1.29 is 19.0 Å². The lowest BCUT2D eigenvalue weighted by atomic mass is 10.1. The number of methoxy groups -OCH3 is 2. The van der Waals surface area contributed by atoms with Crippen LogP contribution >= 0.6 is 0 Å². The molecule has 9 heteroatoms. The first-order valence-electron chi connectivity index (χ1n) is 9.88. The number of fused-ring (bicyclic) bond motifs is 1. The summed E-state index contributed by atoms with van der Waals surface area (Å²) >= 11 is 0.